The van der Waals surface area contributed by atoms with Gasteiger partial charge in [0.1, 0.15) is 5.58 Å². The van der Waals surface area contributed by atoms with E-state index in [0.717, 1.165) is 27.3 Å². The van der Waals surface area contributed by atoms with Crippen LogP contribution in [0.2, 0.25) is 0 Å². The molecule has 0 aliphatic rings. The van der Waals surface area contributed by atoms with Crippen LogP contribution in [0, 0.1) is 6.92 Å². The van der Waals surface area contributed by atoms with Crippen molar-refractivity contribution in [2.75, 3.05) is 0 Å². The van der Waals surface area contributed by atoms with Gasteiger partial charge in [-0.15, -0.1) is 0 Å². The minimum atomic E-state index is -2.27. The molecule has 2 aromatic carbocycles. The van der Waals surface area contributed by atoms with Crippen LogP contribution in [-0.2, 0) is 21.7 Å². The Bertz CT molecular complexity index is 1190. The fourth-order valence-corrected chi connectivity index (χ4v) is 5.42. The van der Waals surface area contributed by atoms with Gasteiger partial charge < -0.3 is 4.20 Å². The molecule has 186 valence electrons. The van der Waals surface area contributed by atoms with Gasteiger partial charge in [0.25, 0.3) is 0 Å². The van der Waals surface area contributed by atoms with Crippen molar-refractivity contribution >= 4 is 29.8 Å². The van der Waals surface area contributed by atoms with Gasteiger partial charge in [0.15, 0.2) is 0 Å². The van der Waals surface area contributed by atoms with Crippen LogP contribution in [-0.4, -0.2) is 0 Å². The summed E-state index contributed by atoms with van der Waals surface area (Å²) in [6, 6.07) is 9.03. The highest BCUT2D eigenvalue weighted by Gasteiger charge is 2.26. The second kappa shape index (κ2) is 8.41. The molecule has 3 rings (SSSR count). The number of halogens is 1. The van der Waals surface area contributed by atoms with Gasteiger partial charge in [0.2, 0.25) is 8.08 Å². The van der Waals surface area contributed by atoms with E-state index in [0.29, 0.717) is 5.58 Å². The number of hydrogen-bond acceptors (Lipinski definition) is 1. The van der Waals surface area contributed by atoms with Crippen molar-refractivity contribution in [3.05, 3.63) is 57.9 Å². The van der Waals surface area contributed by atoms with Crippen LogP contribution in [0.4, 0.5) is 4.20 Å². The molecule has 34 heavy (non-hydrogen) atoms. The van der Waals surface area contributed by atoms with E-state index < -0.39 is 8.08 Å². The Morgan fingerprint density at radius 2 is 1.03 bits per heavy atom. The molecule has 0 N–H and O–H groups in total. The summed E-state index contributed by atoms with van der Waals surface area (Å²) in [4.78, 5) is 0. The average molecular weight is 483 g/mol. The summed E-state index contributed by atoms with van der Waals surface area (Å²) in [6.07, 6.45) is 0. The van der Waals surface area contributed by atoms with Gasteiger partial charge in [0.05, 0.1) is 0 Å². The SMILES string of the molecule is Cc1c2cc(C(C)(C)C)cc(C(C)(C)C)c2cp(F)oc2c(C(C)(C)C)cc(C(C)(C)C)cc12. The predicted molar refractivity (Wildman–Crippen MR) is 150 cm³/mol. The lowest BCUT2D eigenvalue weighted by atomic mass is 9.77. The molecular weight excluding hydrogens is 438 g/mol. The van der Waals surface area contributed by atoms with E-state index in [2.05, 4.69) is 114 Å². The van der Waals surface area contributed by atoms with Crippen LogP contribution in [0.15, 0.2) is 34.3 Å². The molecule has 1 heterocycles. The summed E-state index contributed by atoms with van der Waals surface area (Å²) in [5.74, 6) is 1.74. The molecule has 0 fully saturated rings. The van der Waals surface area contributed by atoms with Crippen LogP contribution in [0.1, 0.15) is 111 Å². The predicted octanol–water partition coefficient (Wildman–Crippen LogP) is 10.9. The van der Waals surface area contributed by atoms with Crippen LogP contribution >= 0.6 is 8.08 Å². The first kappa shape index (κ1) is 26.8. The number of benzene rings is 2. The van der Waals surface area contributed by atoms with E-state index in [9.17, 15) is 0 Å². The second-order valence-corrected chi connectivity index (χ2v) is 15.0. The van der Waals surface area contributed by atoms with Crippen molar-refractivity contribution in [2.24, 2.45) is 0 Å². The van der Waals surface area contributed by atoms with Crippen molar-refractivity contribution in [3.8, 4) is 0 Å². The maximum atomic E-state index is 15.7. The van der Waals surface area contributed by atoms with Gasteiger partial charge in [-0.2, -0.15) is 4.20 Å². The highest BCUT2D eigenvalue weighted by molar-refractivity contribution is 7.37. The first-order chi connectivity index (χ1) is 15.2. The highest BCUT2D eigenvalue weighted by Crippen LogP contribution is 2.44. The molecule has 0 saturated carbocycles. The number of hydrogen-bond donors (Lipinski definition) is 0. The molecule has 1 aromatic heterocycles. The molecule has 0 aliphatic heterocycles. The average Bonchev–Trinajstić information content (AvgIpc) is 2.63. The Hall–Kier alpha value is -1.79. The largest absolute Gasteiger partial charge is 0.421 e. The molecule has 3 heteroatoms. The summed E-state index contributed by atoms with van der Waals surface area (Å²) in [7, 11) is -2.27. The number of rotatable bonds is 0. The van der Waals surface area contributed by atoms with E-state index in [1.807, 2.05) is 0 Å². The van der Waals surface area contributed by atoms with Gasteiger partial charge in [-0.1, -0.05) is 101 Å². The maximum Gasteiger partial charge on any atom is 0.231 e. The molecule has 1 atom stereocenters. The smallest absolute Gasteiger partial charge is 0.231 e. The highest BCUT2D eigenvalue weighted by atomic mass is 31.1. The molecule has 0 radical (unpaired) electrons. The molecular formula is C31H44FOP. The van der Waals surface area contributed by atoms with E-state index in [1.165, 1.54) is 16.7 Å². The normalized spacial score (nSPS) is 14.1. The fraction of sp³-hybridized carbons (Fsp3) is 0.548. The lowest BCUT2D eigenvalue weighted by Gasteiger charge is -2.28. The summed E-state index contributed by atoms with van der Waals surface area (Å²) in [5.41, 5.74) is 6.28. The monoisotopic (exact) mass is 482 g/mol. The Kier molecular flexibility index (Phi) is 6.63. The summed E-state index contributed by atoms with van der Waals surface area (Å²) >= 11 is 0. The number of fused-ring (bicyclic) bond motifs is 2. The second-order valence-electron chi connectivity index (χ2n) is 14.0. The molecule has 0 spiro atoms. The van der Waals surface area contributed by atoms with Crippen molar-refractivity contribution < 1.29 is 8.39 Å². The van der Waals surface area contributed by atoms with Crippen LogP contribution in [0.5, 0.6) is 0 Å². The summed E-state index contributed by atoms with van der Waals surface area (Å²) in [6.45, 7) is 28.8. The Morgan fingerprint density at radius 1 is 0.588 bits per heavy atom. The molecule has 0 bridgehead atoms. The topological polar surface area (TPSA) is 13.1 Å². The maximum absolute atomic E-state index is 15.7. The van der Waals surface area contributed by atoms with E-state index in [1.54, 1.807) is 5.80 Å². The number of aryl methyl sites for hydroxylation is 1. The minimum Gasteiger partial charge on any atom is -0.421 e. The minimum absolute atomic E-state index is 0.0126. The molecule has 1 unspecified atom stereocenters. The van der Waals surface area contributed by atoms with Gasteiger partial charge in [0, 0.05) is 16.7 Å². The first-order valence-electron chi connectivity index (χ1n) is 12.4. The van der Waals surface area contributed by atoms with Crippen LogP contribution in [0.3, 0.4) is 0 Å². The zero-order valence-corrected chi connectivity index (χ0v) is 24.5. The van der Waals surface area contributed by atoms with E-state index in [4.69, 9.17) is 4.20 Å². The summed E-state index contributed by atoms with van der Waals surface area (Å²) < 4.78 is 21.9. The van der Waals surface area contributed by atoms with Crippen molar-refractivity contribution in [1.82, 2.24) is 0 Å². The zero-order valence-electron chi connectivity index (χ0n) is 23.6. The standard InChI is InChI=1S/C31H44FOP/c1-19-22-14-20(28(2,3)4)16-25(30(8,9)10)24(22)18-34(32)33-27-23(19)15-21(29(5,6)7)17-26(27)31(11,12)13/h14-18H,1-13H3. The Labute approximate surface area is 207 Å². The van der Waals surface area contributed by atoms with E-state index in [-0.39, 0.29) is 21.7 Å². The Balaban J connectivity index is 2.73. The molecule has 1 nitrogen and oxygen atoms in total. The van der Waals surface area contributed by atoms with Gasteiger partial charge >= 0.3 is 0 Å². The first-order valence-corrected chi connectivity index (χ1v) is 13.6. The van der Waals surface area contributed by atoms with Crippen LogP contribution in [0.25, 0.3) is 21.7 Å². The van der Waals surface area contributed by atoms with E-state index >= 15 is 4.20 Å². The molecule has 3 aromatic rings. The quantitative estimate of drug-likeness (QED) is 0.310. The third-order valence-corrected chi connectivity index (χ3v) is 7.65. The Morgan fingerprint density at radius 3 is 1.47 bits per heavy atom. The van der Waals surface area contributed by atoms with Crippen molar-refractivity contribution in [2.45, 2.75) is 112 Å². The van der Waals surface area contributed by atoms with Crippen molar-refractivity contribution in [3.63, 3.8) is 0 Å². The molecule has 0 saturated heterocycles. The third kappa shape index (κ3) is 5.23. The van der Waals surface area contributed by atoms with Crippen LogP contribution < -0.4 is 0 Å². The zero-order chi connectivity index (χ0) is 26.0. The lowest BCUT2D eigenvalue weighted by Crippen LogP contribution is -2.17. The van der Waals surface area contributed by atoms with Crippen molar-refractivity contribution in [1.29, 1.82) is 0 Å². The fourth-order valence-electron chi connectivity index (χ4n) is 4.51. The third-order valence-electron chi connectivity index (χ3n) is 6.83. The van der Waals surface area contributed by atoms with Gasteiger partial charge in [-0.25, -0.2) is 0 Å². The van der Waals surface area contributed by atoms with Gasteiger partial charge in [-0.3, -0.25) is 0 Å². The lowest BCUT2D eigenvalue weighted by molar-refractivity contribution is 0.562. The summed E-state index contributed by atoms with van der Waals surface area (Å²) in [5, 5.41) is 3.12. The molecule has 0 amide bonds. The molecule has 0 aliphatic carbocycles. The van der Waals surface area contributed by atoms with Gasteiger partial charge in [-0.05, 0) is 67.7 Å².